The van der Waals surface area contributed by atoms with E-state index in [1.807, 2.05) is 18.2 Å². The van der Waals surface area contributed by atoms with Gasteiger partial charge >= 0.3 is 0 Å². The number of methoxy groups -OCH3 is 1. The van der Waals surface area contributed by atoms with Gasteiger partial charge in [0.25, 0.3) is 0 Å². The second kappa shape index (κ2) is 7.38. The van der Waals surface area contributed by atoms with E-state index in [1.54, 1.807) is 19.3 Å². The third-order valence-corrected chi connectivity index (χ3v) is 4.10. The van der Waals surface area contributed by atoms with Gasteiger partial charge in [0.2, 0.25) is 0 Å². The zero-order chi connectivity index (χ0) is 16.1. The number of thiocarbonyl (C=S) groups is 1. The van der Waals surface area contributed by atoms with Gasteiger partial charge in [-0.05, 0) is 6.07 Å². The number of hydrogen-bond donors (Lipinski definition) is 0. The Balaban J connectivity index is 2.65. The van der Waals surface area contributed by atoms with Crippen LogP contribution in [0.4, 0.5) is 0 Å². The summed E-state index contributed by atoms with van der Waals surface area (Å²) in [6.45, 7) is 3.91. The van der Waals surface area contributed by atoms with Crippen LogP contribution in [0.15, 0.2) is 53.3 Å². The Morgan fingerprint density at radius 2 is 2.14 bits per heavy atom. The Kier molecular flexibility index (Phi) is 5.52. The van der Waals surface area contributed by atoms with Crippen LogP contribution in [0.25, 0.3) is 5.57 Å². The maximum atomic E-state index is 11.6. The van der Waals surface area contributed by atoms with Crippen LogP contribution in [0.1, 0.15) is 12.0 Å². The molecular weight excluding hydrogens is 320 g/mol. The van der Waals surface area contributed by atoms with E-state index in [4.69, 9.17) is 33.3 Å². The normalized spacial score (nSPS) is 14.9. The molecule has 0 spiro atoms. The van der Waals surface area contributed by atoms with Crippen molar-refractivity contribution in [3.05, 3.63) is 58.8 Å². The highest BCUT2D eigenvalue weighted by Gasteiger charge is 2.28. The van der Waals surface area contributed by atoms with Crippen molar-refractivity contribution in [1.82, 2.24) is 0 Å². The third kappa shape index (κ3) is 3.13. The molecule has 0 heterocycles. The van der Waals surface area contributed by atoms with Crippen molar-refractivity contribution in [3.63, 3.8) is 0 Å². The SMILES string of the molecule is C=CCOC1=C(C=O)C(c2ccccc2OC)=C(Cl)C(=S)C1. The fraction of sp³-hybridized carbons (Fsp3) is 0.176. The lowest BCUT2D eigenvalue weighted by atomic mass is 9.90. The largest absolute Gasteiger partial charge is 0.496 e. The fourth-order valence-corrected chi connectivity index (χ4v) is 2.75. The summed E-state index contributed by atoms with van der Waals surface area (Å²) in [4.78, 5) is 12.2. The van der Waals surface area contributed by atoms with Gasteiger partial charge < -0.3 is 9.47 Å². The van der Waals surface area contributed by atoms with Crippen LogP contribution in [-0.2, 0) is 9.53 Å². The molecule has 0 aromatic heterocycles. The number of rotatable bonds is 6. The molecule has 0 amide bonds. The second-order valence-corrected chi connectivity index (χ2v) is 5.41. The van der Waals surface area contributed by atoms with Crippen molar-refractivity contribution < 1.29 is 14.3 Å². The van der Waals surface area contributed by atoms with E-state index in [2.05, 4.69) is 6.58 Å². The minimum Gasteiger partial charge on any atom is -0.496 e. The number of benzene rings is 1. The van der Waals surface area contributed by atoms with Crippen molar-refractivity contribution in [2.24, 2.45) is 0 Å². The van der Waals surface area contributed by atoms with Crippen LogP contribution >= 0.6 is 23.8 Å². The number of carbonyl (C=O) groups is 1. The standard InChI is InChI=1S/C17H15ClO3S/c1-3-8-21-14-9-15(22)17(18)16(12(14)10-19)11-6-4-5-7-13(11)20-2/h3-7,10H,1,8-9H2,2H3. The monoisotopic (exact) mass is 334 g/mol. The van der Waals surface area contributed by atoms with E-state index in [9.17, 15) is 4.79 Å². The minimum absolute atomic E-state index is 0.298. The summed E-state index contributed by atoms with van der Waals surface area (Å²) >= 11 is 11.7. The van der Waals surface area contributed by atoms with Crippen molar-refractivity contribution in [2.45, 2.75) is 6.42 Å². The van der Waals surface area contributed by atoms with Crippen LogP contribution in [-0.4, -0.2) is 24.9 Å². The van der Waals surface area contributed by atoms with Crippen LogP contribution in [0, 0.1) is 0 Å². The highest BCUT2D eigenvalue weighted by Crippen LogP contribution is 2.40. The van der Waals surface area contributed by atoms with Gasteiger partial charge in [0.05, 0.1) is 17.7 Å². The predicted octanol–water partition coefficient (Wildman–Crippen LogP) is 4.07. The van der Waals surface area contributed by atoms with Crippen LogP contribution in [0.3, 0.4) is 0 Å². The van der Waals surface area contributed by atoms with Gasteiger partial charge in [-0.15, -0.1) is 0 Å². The summed E-state index contributed by atoms with van der Waals surface area (Å²) in [6, 6.07) is 7.33. The first-order chi connectivity index (χ1) is 10.6. The molecule has 0 bridgehead atoms. The van der Waals surface area contributed by atoms with Gasteiger partial charge in [0.15, 0.2) is 6.29 Å². The molecule has 5 heteroatoms. The Hall–Kier alpha value is -1.91. The van der Waals surface area contributed by atoms with Crippen molar-refractivity contribution in [3.8, 4) is 5.75 Å². The number of para-hydroxylation sites is 1. The van der Waals surface area contributed by atoms with E-state index in [0.717, 1.165) is 6.29 Å². The number of ether oxygens (including phenoxy) is 2. The van der Waals surface area contributed by atoms with Gasteiger partial charge in [-0.2, -0.15) is 0 Å². The van der Waals surface area contributed by atoms with Gasteiger partial charge in [0, 0.05) is 22.4 Å². The molecule has 1 aliphatic carbocycles. The molecule has 114 valence electrons. The quantitative estimate of drug-likeness (QED) is 0.446. The summed E-state index contributed by atoms with van der Waals surface area (Å²) in [7, 11) is 1.56. The molecule has 0 radical (unpaired) electrons. The van der Waals surface area contributed by atoms with Crippen molar-refractivity contribution in [1.29, 1.82) is 0 Å². The molecule has 0 aliphatic heterocycles. The molecule has 0 fully saturated rings. The zero-order valence-corrected chi connectivity index (χ0v) is 13.7. The Labute approximate surface area is 139 Å². The molecule has 1 aromatic carbocycles. The number of allylic oxidation sites excluding steroid dienone is 4. The Morgan fingerprint density at radius 3 is 2.77 bits per heavy atom. The van der Waals surface area contributed by atoms with Crippen LogP contribution in [0.2, 0.25) is 0 Å². The average molecular weight is 335 g/mol. The molecule has 0 saturated heterocycles. The maximum Gasteiger partial charge on any atom is 0.154 e. The lowest BCUT2D eigenvalue weighted by Crippen LogP contribution is -2.14. The number of hydrogen-bond acceptors (Lipinski definition) is 4. The molecular formula is C17H15ClO3S. The van der Waals surface area contributed by atoms with Gasteiger partial charge in [-0.1, -0.05) is 54.7 Å². The zero-order valence-electron chi connectivity index (χ0n) is 12.1. The molecule has 3 nitrogen and oxygen atoms in total. The number of carbonyl (C=O) groups excluding carboxylic acids is 1. The second-order valence-electron chi connectivity index (χ2n) is 4.54. The minimum atomic E-state index is 0.298. The number of halogens is 1. The number of aldehydes is 1. The molecule has 0 N–H and O–H groups in total. The lowest BCUT2D eigenvalue weighted by molar-refractivity contribution is -0.104. The summed E-state index contributed by atoms with van der Waals surface area (Å²) in [5.74, 6) is 1.12. The average Bonchev–Trinajstić information content (AvgIpc) is 2.55. The third-order valence-electron chi connectivity index (χ3n) is 3.22. The van der Waals surface area contributed by atoms with E-state index >= 15 is 0 Å². The molecule has 1 aliphatic rings. The van der Waals surface area contributed by atoms with Gasteiger partial charge in [0.1, 0.15) is 18.1 Å². The highest BCUT2D eigenvalue weighted by molar-refractivity contribution is 7.81. The molecule has 0 saturated carbocycles. The Bertz CT molecular complexity index is 689. The van der Waals surface area contributed by atoms with Crippen LogP contribution < -0.4 is 4.74 Å². The Morgan fingerprint density at radius 1 is 1.41 bits per heavy atom. The maximum absolute atomic E-state index is 11.6. The lowest BCUT2D eigenvalue weighted by Gasteiger charge is -2.23. The van der Waals surface area contributed by atoms with E-state index in [0.29, 0.717) is 51.1 Å². The molecule has 2 rings (SSSR count). The van der Waals surface area contributed by atoms with E-state index in [1.165, 1.54) is 0 Å². The topological polar surface area (TPSA) is 35.5 Å². The molecule has 22 heavy (non-hydrogen) atoms. The van der Waals surface area contributed by atoms with Crippen molar-refractivity contribution >= 4 is 40.5 Å². The smallest absolute Gasteiger partial charge is 0.154 e. The van der Waals surface area contributed by atoms with Gasteiger partial charge in [-0.3, -0.25) is 4.79 Å². The highest BCUT2D eigenvalue weighted by atomic mass is 35.5. The molecule has 0 unspecified atom stereocenters. The summed E-state index contributed by atoms with van der Waals surface area (Å²) in [6.07, 6.45) is 2.68. The predicted molar refractivity (Wildman–Crippen MR) is 92.2 cm³/mol. The van der Waals surface area contributed by atoms with Gasteiger partial charge in [-0.25, -0.2) is 0 Å². The summed E-state index contributed by atoms with van der Waals surface area (Å²) < 4.78 is 10.9. The first-order valence-corrected chi connectivity index (χ1v) is 7.41. The fourth-order valence-electron chi connectivity index (χ4n) is 2.24. The first kappa shape index (κ1) is 16.5. The first-order valence-electron chi connectivity index (χ1n) is 6.62. The van der Waals surface area contributed by atoms with Crippen molar-refractivity contribution in [2.75, 3.05) is 13.7 Å². The van der Waals surface area contributed by atoms with Crippen LogP contribution in [0.5, 0.6) is 5.75 Å². The molecule has 0 atom stereocenters. The molecule has 1 aromatic rings. The van der Waals surface area contributed by atoms with E-state index in [-0.39, 0.29) is 0 Å². The summed E-state index contributed by atoms with van der Waals surface area (Å²) in [5.41, 5.74) is 1.65. The summed E-state index contributed by atoms with van der Waals surface area (Å²) in [5, 5.41) is 0.382. The van der Waals surface area contributed by atoms with E-state index < -0.39 is 0 Å².